The average molecular weight is 289 g/mol. The van der Waals surface area contributed by atoms with Crippen molar-refractivity contribution >= 4 is 21.9 Å². The first-order valence-electron chi connectivity index (χ1n) is 5.39. The molecule has 1 unspecified atom stereocenters. The Morgan fingerprint density at radius 3 is 2.47 bits per heavy atom. The number of nitrogens with zero attached hydrogens (tertiary/aromatic N) is 1. The van der Waals surface area contributed by atoms with Gasteiger partial charge in [-0.25, -0.2) is 18.4 Å². The van der Waals surface area contributed by atoms with Crippen molar-refractivity contribution in [2.75, 3.05) is 0 Å². The van der Waals surface area contributed by atoms with Crippen molar-refractivity contribution in [2.45, 2.75) is 24.3 Å². The Bertz CT molecular complexity index is 605. The summed E-state index contributed by atoms with van der Waals surface area (Å²) in [5, 5.41) is 16.1. The van der Waals surface area contributed by atoms with E-state index in [1.54, 1.807) is 6.92 Å². The molecule has 1 aromatic rings. The lowest BCUT2D eigenvalue weighted by Gasteiger charge is -2.12. The zero-order valence-electron chi connectivity index (χ0n) is 10.5. The number of nitrogens with two attached hydrogens (primary N) is 1. The fraction of sp³-hybridized carbons (Fsp3) is 0.400. The first-order chi connectivity index (χ1) is 8.66. The number of hydrogen-bond donors (Lipinski definition) is 3. The Morgan fingerprint density at radius 2 is 2.11 bits per heavy atom. The third kappa shape index (κ3) is 3.55. The summed E-state index contributed by atoms with van der Waals surface area (Å²) in [5.74, 6) is -1.83. The second-order valence-corrected chi connectivity index (χ2v) is 5.55. The molecule has 8 nitrogen and oxygen atoms in total. The number of aryl methyl sites for hydroxylation is 1. The number of nitrogens with one attached hydrogen (secondary N) is 1. The van der Waals surface area contributed by atoms with Crippen LogP contribution in [0, 0.1) is 0 Å². The molecule has 106 valence electrons. The maximum absolute atomic E-state index is 11.8. The molecule has 0 aliphatic heterocycles. The predicted octanol–water partition coefficient (Wildman–Crippen LogP) is -0.734. The number of aliphatic carboxylic acids is 1. The van der Waals surface area contributed by atoms with E-state index in [1.807, 2.05) is 0 Å². The quantitative estimate of drug-likeness (QED) is 0.657. The van der Waals surface area contributed by atoms with E-state index in [9.17, 15) is 18.0 Å². The Hall–Kier alpha value is -1.87. The minimum atomic E-state index is -3.91. The van der Waals surface area contributed by atoms with E-state index >= 15 is 0 Å². The highest BCUT2D eigenvalue weighted by molar-refractivity contribution is 7.89. The van der Waals surface area contributed by atoms with Crippen LogP contribution in [0.3, 0.4) is 0 Å². The molecule has 1 heterocycles. The van der Waals surface area contributed by atoms with Gasteiger partial charge >= 0.3 is 5.97 Å². The van der Waals surface area contributed by atoms with Gasteiger partial charge in [0.2, 0.25) is 10.0 Å². The maximum atomic E-state index is 11.8. The fourth-order valence-corrected chi connectivity index (χ4v) is 2.07. The smallest absolute Gasteiger partial charge is 0.326 e. The summed E-state index contributed by atoms with van der Waals surface area (Å²) in [6.07, 6.45) is 1.40. The molecule has 1 amide bonds. The number of carboxylic acids is 1. The van der Waals surface area contributed by atoms with Crippen LogP contribution in [0.25, 0.3) is 0 Å². The van der Waals surface area contributed by atoms with Crippen LogP contribution in [0.2, 0.25) is 0 Å². The Labute approximate surface area is 110 Å². The number of carbonyl (C=O) groups is 2. The molecule has 0 saturated heterocycles. The van der Waals surface area contributed by atoms with Crippen molar-refractivity contribution in [1.82, 2.24) is 9.88 Å². The summed E-state index contributed by atoms with van der Waals surface area (Å²) in [7, 11) is -2.44. The summed E-state index contributed by atoms with van der Waals surface area (Å²) >= 11 is 0. The lowest BCUT2D eigenvalue weighted by atomic mass is 10.2. The maximum Gasteiger partial charge on any atom is 0.326 e. The minimum Gasteiger partial charge on any atom is -0.480 e. The molecule has 19 heavy (non-hydrogen) atoms. The van der Waals surface area contributed by atoms with E-state index in [1.165, 1.54) is 17.8 Å². The third-order valence-corrected chi connectivity index (χ3v) is 3.43. The lowest BCUT2D eigenvalue weighted by Crippen LogP contribution is -2.40. The first-order valence-corrected chi connectivity index (χ1v) is 6.94. The van der Waals surface area contributed by atoms with Crippen LogP contribution in [0.1, 0.15) is 23.8 Å². The molecule has 0 saturated carbocycles. The summed E-state index contributed by atoms with van der Waals surface area (Å²) in [6.45, 7) is 1.61. The van der Waals surface area contributed by atoms with Gasteiger partial charge in [-0.05, 0) is 12.5 Å². The van der Waals surface area contributed by atoms with Gasteiger partial charge in [-0.1, -0.05) is 6.92 Å². The highest BCUT2D eigenvalue weighted by Gasteiger charge is 2.22. The van der Waals surface area contributed by atoms with Crippen LogP contribution in [0.5, 0.6) is 0 Å². The highest BCUT2D eigenvalue weighted by Crippen LogP contribution is 2.12. The Kier molecular flexibility index (Phi) is 4.32. The number of carbonyl (C=O) groups excluding carboxylic acids is 1. The lowest BCUT2D eigenvalue weighted by molar-refractivity contribution is -0.139. The number of carboxylic acid groups (broad SMARTS) is 1. The predicted molar refractivity (Wildman–Crippen MR) is 66.0 cm³/mol. The molecule has 0 aromatic carbocycles. The molecular weight excluding hydrogens is 274 g/mol. The SMILES string of the molecule is CCC(NC(=O)c1cc(S(N)(=O)=O)cn1C)C(=O)O. The summed E-state index contributed by atoms with van der Waals surface area (Å²) < 4.78 is 23.6. The zero-order chi connectivity index (χ0) is 14.8. The second kappa shape index (κ2) is 5.41. The number of primary sulfonamides is 1. The van der Waals surface area contributed by atoms with Crippen LogP contribution in [-0.4, -0.2) is 36.0 Å². The average Bonchev–Trinajstić information content (AvgIpc) is 2.67. The van der Waals surface area contributed by atoms with E-state index < -0.39 is 27.9 Å². The largest absolute Gasteiger partial charge is 0.480 e. The van der Waals surface area contributed by atoms with E-state index in [0.717, 1.165) is 6.07 Å². The van der Waals surface area contributed by atoms with E-state index in [2.05, 4.69) is 5.32 Å². The van der Waals surface area contributed by atoms with Gasteiger partial charge in [0.15, 0.2) is 0 Å². The monoisotopic (exact) mass is 289 g/mol. The van der Waals surface area contributed by atoms with E-state index in [-0.39, 0.29) is 17.0 Å². The van der Waals surface area contributed by atoms with Crippen LogP contribution in [-0.2, 0) is 21.9 Å². The number of hydrogen-bond acceptors (Lipinski definition) is 4. The summed E-state index contributed by atoms with van der Waals surface area (Å²) in [5.41, 5.74) is 0.0173. The molecule has 0 spiro atoms. The molecule has 0 radical (unpaired) electrons. The van der Waals surface area contributed by atoms with Crippen molar-refractivity contribution in [1.29, 1.82) is 0 Å². The molecule has 0 aliphatic rings. The van der Waals surface area contributed by atoms with E-state index in [4.69, 9.17) is 10.2 Å². The van der Waals surface area contributed by atoms with Gasteiger partial charge in [0.1, 0.15) is 16.6 Å². The van der Waals surface area contributed by atoms with Gasteiger partial charge in [0, 0.05) is 13.2 Å². The van der Waals surface area contributed by atoms with E-state index in [0.29, 0.717) is 0 Å². The fourth-order valence-electron chi connectivity index (χ4n) is 1.49. The van der Waals surface area contributed by atoms with Crippen molar-refractivity contribution < 1.29 is 23.1 Å². The molecule has 4 N–H and O–H groups in total. The van der Waals surface area contributed by atoms with Crippen LogP contribution >= 0.6 is 0 Å². The number of sulfonamides is 1. The molecule has 0 bridgehead atoms. The Morgan fingerprint density at radius 1 is 1.53 bits per heavy atom. The van der Waals surface area contributed by atoms with Crippen LogP contribution in [0.4, 0.5) is 0 Å². The first kappa shape index (κ1) is 15.2. The van der Waals surface area contributed by atoms with Crippen molar-refractivity contribution in [3.63, 3.8) is 0 Å². The molecule has 1 aromatic heterocycles. The third-order valence-electron chi connectivity index (χ3n) is 2.55. The molecule has 0 fully saturated rings. The van der Waals surface area contributed by atoms with Gasteiger partial charge in [0.05, 0.1) is 0 Å². The molecule has 1 atom stereocenters. The minimum absolute atomic E-state index is 0.0173. The second-order valence-electron chi connectivity index (χ2n) is 3.99. The van der Waals surface area contributed by atoms with Gasteiger partial charge in [-0.2, -0.15) is 0 Å². The van der Waals surface area contributed by atoms with Gasteiger partial charge in [0.25, 0.3) is 5.91 Å². The number of aromatic nitrogens is 1. The zero-order valence-corrected chi connectivity index (χ0v) is 11.3. The Balaban J connectivity index is 3.01. The van der Waals surface area contributed by atoms with Crippen molar-refractivity contribution in [3.05, 3.63) is 18.0 Å². The normalized spacial score (nSPS) is 13.0. The van der Waals surface area contributed by atoms with Gasteiger partial charge in [-0.15, -0.1) is 0 Å². The number of amides is 1. The molecule has 9 heteroatoms. The van der Waals surface area contributed by atoms with Gasteiger partial charge < -0.3 is 15.0 Å². The van der Waals surface area contributed by atoms with Crippen LogP contribution < -0.4 is 10.5 Å². The van der Waals surface area contributed by atoms with Gasteiger partial charge in [-0.3, -0.25) is 4.79 Å². The number of rotatable bonds is 5. The molecule has 0 aliphatic carbocycles. The standard InChI is InChI=1S/C10H15N3O5S/c1-3-7(10(15)16)12-9(14)8-4-6(5-13(8)2)19(11,17)18/h4-5,7H,3H2,1-2H3,(H,12,14)(H,15,16)(H2,11,17,18). The molecular formula is C10H15N3O5S. The topological polar surface area (TPSA) is 131 Å². The molecule has 1 rings (SSSR count). The summed E-state index contributed by atoms with van der Waals surface area (Å²) in [4.78, 5) is 22.5. The van der Waals surface area contributed by atoms with Crippen LogP contribution in [0.15, 0.2) is 17.2 Å². The van der Waals surface area contributed by atoms with Crippen molar-refractivity contribution in [3.8, 4) is 0 Å². The van der Waals surface area contributed by atoms with Crippen molar-refractivity contribution in [2.24, 2.45) is 12.2 Å². The highest BCUT2D eigenvalue weighted by atomic mass is 32.2. The summed E-state index contributed by atoms with van der Waals surface area (Å²) in [6, 6.07) is 0.0690.